The van der Waals surface area contributed by atoms with Crippen molar-refractivity contribution in [1.82, 2.24) is 4.98 Å². The van der Waals surface area contributed by atoms with Crippen LogP contribution in [-0.2, 0) is 0 Å². The van der Waals surface area contributed by atoms with Crippen LogP contribution in [0.3, 0.4) is 0 Å². The number of aromatic nitrogens is 1. The molecule has 1 aromatic carbocycles. The molecule has 1 heterocycles. The Balaban J connectivity index is 0.000000132. The molecule has 68 valence electrons. The number of benzene rings is 1. The molecule has 0 spiro atoms. The third-order valence-electron chi connectivity index (χ3n) is 1.40. The van der Waals surface area contributed by atoms with E-state index >= 15 is 0 Å². The lowest BCUT2D eigenvalue weighted by Crippen LogP contribution is -1.67. The van der Waals surface area contributed by atoms with Crippen molar-refractivity contribution in [1.29, 1.82) is 0 Å². The zero-order valence-electron chi connectivity index (χ0n) is 7.90. The Bertz CT molecular complexity index is 284. The van der Waals surface area contributed by atoms with Crippen LogP contribution >= 0.6 is 11.3 Å². The van der Waals surface area contributed by atoms with Gasteiger partial charge in [0.2, 0.25) is 0 Å². The van der Waals surface area contributed by atoms with Gasteiger partial charge in [0.15, 0.2) is 0 Å². The Morgan fingerprint density at radius 3 is 1.54 bits per heavy atom. The van der Waals surface area contributed by atoms with Gasteiger partial charge in [-0.15, -0.1) is 11.3 Å². The predicted octanol–water partition coefficient (Wildman–Crippen LogP) is 3.45. The summed E-state index contributed by atoms with van der Waals surface area (Å²) in [6, 6.07) is 12.0. The first-order chi connectivity index (χ1) is 6.29. The average molecular weight is 191 g/mol. The van der Waals surface area contributed by atoms with E-state index in [0.717, 1.165) is 10.7 Å². The standard InChI is InChI=1S/C6H6.C5H7NS/c1-2-4-6-5-3-1;1-4-3-7-5(2)6-4/h1-6H;3H,1-2H3. The molecule has 2 heteroatoms. The maximum absolute atomic E-state index is 4.13. The first-order valence-electron chi connectivity index (χ1n) is 4.18. The smallest absolute Gasteiger partial charge is 0.0897 e. The lowest BCUT2D eigenvalue weighted by Gasteiger charge is -1.71. The summed E-state index contributed by atoms with van der Waals surface area (Å²) in [6.07, 6.45) is 0. The van der Waals surface area contributed by atoms with E-state index in [1.807, 2.05) is 50.2 Å². The van der Waals surface area contributed by atoms with Gasteiger partial charge in [-0.25, -0.2) is 4.98 Å². The van der Waals surface area contributed by atoms with Crippen LogP contribution in [0, 0.1) is 13.8 Å². The second-order valence-electron chi connectivity index (χ2n) is 2.66. The normalized spacial score (nSPS) is 8.77. The highest BCUT2D eigenvalue weighted by Gasteiger charge is 1.86. The van der Waals surface area contributed by atoms with E-state index in [0.29, 0.717) is 0 Å². The number of hydrogen-bond donors (Lipinski definition) is 0. The van der Waals surface area contributed by atoms with E-state index in [9.17, 15) is 0 Å². The molecule has 0 N–H and O–H groups in total. The Morgan fingerprint density at radius 1 is 0.923 bits per heavy atom. The van der Waals surface area contributed by atoms with Crippen LogP contribution in [0.4, 0.5) is 0 Å². The zero-order chi connectivity index (χ0) is 9.52. The first kappa shape index (κ1) is 9.93. The van der Waals surface area contributed by atoms with Crippen LogP contribution in [0.5, 0.6) is 0 Å². The molecule has 0 unspecified atom stereocenters. The topological polar surface area (TPSA) is 12.9 Å². The number of hydrogen-bond acceptors (Lipinski definition) is 2. The van der Waals surface area contributed by atoms with E-state index in [1.54, 1.807) is 11.3 Å². The molecule has 0 aliphatic carbocycles. The van der Waals surface area contributed by atoms with Gasteiger partial charge in [-0.1, -0.05) is 36.4 Å². The Labute approximate surface area is 83.1 Å². The minimum Gasteiger partial charge on any atom is -0.247 e. The highest BCUT2D eigenvalue weighted by Crippen LogP contribution is 2.04. The molecule has 2 rings (SSSR count). The number of nitrogens with zero attached hydrogens (tertiary/aromatic N) is 1. The monoisotopic (exact) mass is 191 g/mol. The summed E-state index contributed by atoms with van der Waals surface area (Å²) in [6.45, 7) is 4.02. The fourth-order valence-electron chi connectivity index (χ4n) is 0.857. The second kappa shape index (κ2) is 5.49. The maximum atomic E-state index is 4.13. The van der Waals surface area contributed by atoms with Crippen LogP contribution in [0.15, 0.2) is 41.8 Å². The zero-order valence-corrected chi connectivity index (χ0v) is 8.71. The first-order valence-corrected chi connectivity index (χ1v) is 5.06. The lowest BCUT2D eigenvalue weighted by molar-refractivity contribution is 1.20. The van der Waals surface area contributed by atoms with Crippen molar-refractivity contribution in [2.45, 2.75) is 13.8 Å². The lowest BCUT2D eigenvalue weighted by atomic mass is 10.4. The van der Waals surface area contributed by atoms with Gasteiger partial charge in [0.1, 0.15) is 0 Å². The summed E-state index contributed by atoms with van der Waals surface area (Å²) in [4.78, 5) is 4.13. The molecule has 0 aliphatic heterocycles. The fraction of sp³-hybridized carbons (Fsp3) is 0.182. The molecule has 0 saturated carbocycles. The molecule has 0 saturated heterocycles. The molecule has 0 bridgehead atoms. The quantitative estimate of drug-likeness (QED) is 0.621. The molecule has 13 heavy (non-hydrogen) atoms. The molecule has 0 atom stereocenters. The molecular weight excluding hydrogens is 178 g/mol. The summed E-state index contributed by atoms with van der Waals surface area (Å²) in [5.41, 5.74) is 1.13. The van der Waals surface area contributed by atoms with E-state index in [4.69, 9.17) is 0 Å². The minimum atomic E-state index is 1.13. The fourth-order valence-corrected chi connectivity index (χ4v) is 1.45. The third-order valence-corrected chi connectivity index (χ3v) is 2.29. The molecule has 0 aliphatic rings. The van der Waals surface area contributed by atoms with Crippen molar-refractivity contribution in [3.05, 3.63) is 52.5 Å². The molecule has 2 aromatic rings. The SMILES string of the molecule is Cc1csc(C)n1.c1ccccc1. The number of aryl methyl sites for hydroxylation is 2. The van der Waals surface area contributed by atoms with Crippen molar-refractivity contribution < 1.29 is 0 Å². The summed E-state index contributed by atoms with van der Waals surface area (Å²) < 4.78 is 0. The third kappa shape index (κ3) is 4.43. The summed E-state index contributed by atoms with van der Waals surface area (Å²) >= 11 is 1.69. The number of thiazole rings is 1. The van der Waals surface area contributed by atoms with E-state index in [2.05, 4.69) is 10.4 Å². The van der Waals surface area contributed by atoms with E-state index in [-0.39, 0.29) is 0 Å². The second-order valence-corrected chi connectivity index (χ2v) is 3.72. The van der Waals surface area contributed by atoms with Gasteiger partial charge in [-0.3, -0.25) is 0 Å². The van der Waals surface area contributed by atoms with Crippen molar-refractivity contribution in [3.63, 3.8) is 0 Å². The van der Waals surface area contributed by atoms with Gasteiger partial charge < -0.3 is 0 Å². The summed E-state index contributed by atoms with van der Waals surface area (Å²) in [5.74, 6) is 0. The molecule has 1 nitrogen and oxygen atoms in total. The van der Waals surface area contributed by atoms with Crippen molar-refractivity contribution in [3.8, 4) is 0 Å². The van der Waals surface area contributed by atoms with Gasteiger partial charge in [-0.05, 0) is 13.8 Å². The molecular formula is C11H13NS. The summed E-state index contributed by atoms with van der Waals surface area (Å²) in [5, 5.41) is 3.20. The van der Waals surface area contributed by atoms with Gasteiger partial charge in [-0.2, -0.15) is 0 Å². The maximum Gasteiger partial charge on any atom is 0.0897 e. The molecule has 1 aromatic heterocycles. The van der Waals surface area contributed by atoms with Gasteiger partial charge >= 0.3 is 0 Å². The Hall–Kier alpha value is -1.15. The molecule has 0 amide bonds. The van der Waals surface area contributed by atoms with Crippen LogP contribution in [0.1, 0.15) is 10.7 Å². The van der Waals surface area contributed by atoms with Crippen LogP contribution in [0.2, 0.25) is 0 Å². The predicted molar refractivity (Wildman–Crippen MR) is 58.0 cm³/mol. The van der Waals surface area contributed by atoms with Crippen LogP contribution in [0.25, 0.3) is 0 Å². The average Bonchev–Trinajstić information content (AvgIpc) is 2.54. The van der Waals surface area contributed by atoms with Gasteiger partial charge in [0, 0.05) is 11.1 Å². The minimum absolute atomic E-state index is 1.13. The van der Waals surface area contributed by atoms with E-state index in [1.165, 1.54) is 0 Å². The van der Waals surface area contributed by atoms with Crippen LogP contribution < -0.4 is 0 Å². The number of rotatable bonds is 0. The van der Waals surface area contributed by atoms with Crippen molar-refractivity contribution in [2.75, 3.05) is 0 Å². The van der Waals surface area contributed by atoms with Gasteiger partial charge in [0.05, 0.1) is 5.01 Å². The van der Waals surface area contributed by atoms with Crippen LogP contribution in [-0.4, -0.2) is 4.98 Å². The van der Waals surface area contributed by atoms with Crippen molar-refractivity contribution >= 4 is 11.3 Å². The largest absolute Gasteiger partial charge is 0.247 e. The van der Waals surface area contributed by atoms with Crippen molar-refractivity contribution in [2.24, 2.45) is 0 Å². The van der Waals surface area contributed by atoms with Gasteiger partial charge in [0.25, 0.3) is 0 Å². The summed E-state index contributed by atoms with van der Waals surface area (Å²) in [7, 11) is 0. The Kier molecular flexibility index (Phi) is 4.19. The highest BCUT2D eigenvalue weighted by atomic mass is 32.1. The Morgan fingerprint density at radius 2 is 1.38 bits per heavy atom. The van der Waals surface area contributed by atoms with E-state index < -0.39 is 0 Å². The molecule has 0 radical (unpaired) electrons. The highest BCUT2D eigenvalue weighted by molar-refractivity contribution is 7.09. The molecule has 0 fully saturated rings.